The van der Waals surface area contributed by atoms with Crippen molar-refractivity contribution in [1.82, 2.24) is 9.80 Å². The molecule has 2 fully saturated rings. The average Bonchev–Trinajstić information content (AvgIpc) is 3.03. The summed E-state index contributed by atoms with van der Waals surface area (Å²) >= 11 is 0. The van der Waals surface area contributed by atoms with Gasteiger partial charge in [0, 0.05) is 25.3 Å². The van der Waals surface area contributed by atoms with Crippen LogP contribution in [0.15, 0.2) is 30.3 Å². The predicted molar refractivity (Wildman–Crippen MR) is 89.8 cm³/mol. The Kier molecular flexibility index (Phi) is 5.53. The first-order valence-electron chi connectivity index (χ1n) is 8.64. The molecule has 0 amide bonds. The Balaban J connectivity index is 1.30. The number of likely N-dealkylation sites (tertiary alicyclic amines) is 2. The van der Waals surface area contributed by atoms with E-state index in [0.29, 0.717) is 0 Å². The minimum absolute atomic E-state index is 0.946. The number of hydrogen-bond donors (Lipinski definition) is 1. The second-order valence-electron chi connectivity index (χ2n) is 6.59. The summed E-state index contributed by atoms with van der Waals surface area (Å²) in [5, 5.41) is 3.51. The maximum absolute atomic E-state index is 3.51. The second kappa shape index (κ2) is 7.81. The number of hydrogen-bond acceptors (Lipinski definition) is 3. The third-order valence-corrected chi connectivity index (χ3v) is 4.95. The van der Waals surface area contributed by atoms with E-state index < -0.39 is 0 Å². The van der Waals surface area contributed by atoms with Crippen molar-refractivity contribution in [2.45, 2.75) is 25.7 Å². The standard InChI is InChI=1S/C18H29N3/c1-2-6-18(7-3-1)19-10-15-20-13-8-17(9-14-20)16-21-11-4-5-12-21/h1-3,6-7,17,19H,4-5,8-16H2. The third kappa shape index (κ3) is 4.72. The van der Waals surface area contributed by atoms with Gasteiger partial charge < -0.3 is 15.1 Å². The number of benzene rings is 1. The van der Waals surface area contributed by atoms with Crippen molar-refractivity contribution < 1.29 is 0 Å². The van der Waals surface area contributed by atoms with Gasteiger partial charge in [-0.15, -0.1) is 0 Å². The van der Waals surface area contributed by atoms with Crippen LogP contribution in [-0.4, -0.2) is 55.6 Å². The number of nitrogens with one attached hydrogen (secondary N) is 1. The first-order chi connectivity index (χ1) is 10.4. The van der Waals surface area contributed by atoms with Crippen molar-refractivity contribution in [3.63, 3.8) is 0 Å². The molecule has 3 rings (SSSR count). The molecule has 1 aromatic rings. The van der Waals surface area contributed by atoms with Gasteiger partial charge in [0.15, 0.2) is 0 Å². The largest absolute Gasteiger partial charge is 0.384 e. The zero-order valence-electron chi connectivity index (χ0n) is 13.1. The first-order valence-corrected chi connectivity index (χ1v) is 8.64. The number of rotatable bonds is 6. The van der Waals surface area contributed by atoms with Crippen LogP contribution in [0.3, 0.4) is 0 Å². The summed E-state index contributed by atoms with van der Waals surface area (Å²) in [6, 6.07) is 10.5. The van der Waals surface area contributed by atoms with Gasteiger partial charge in [0.2, 0.25) is 0 Å². The van der Waals surface area contributed by atoms with Crippen molar-refractivity contribution in [3.8, 4) is 0 Å². The normalized spacial score (nSPS) is 21.7. The zero-order chi connectivity index (χ0) is 14.3. The molecule has 0 aliphatic carbocycles. The van der Waals surface area contributed by atoms with E-state index in [0.717, 1.165) is 12.5 Å². The van der Waals surface area contributed by atoms with Gasteiger partial charge in [0.25, 0.3) is 0 Å². The van der Waals surface area contributed by atoms with Crippen LogP contribution in [0, 0.1) is 5.92 Å². The van der Waals surface area contributed by atoms with Gasteiger partial charge in [0.1, 0.15) is 0 Å². The molecule has 21 heavy (non-hydrogen) atoms. The number of anilines is 1. The summed E-state index contributed by atoms with van der Waals surface area (Å²) in [4.78, 5) is 5.30. The van der Waals surface area contributed by atoms with E-state index in [-0.39, 0.29) is 0 Å². The van der Waals surface area contributed by atoms with Crippen molar-refractivity contribution in [3.05, 3.63) is 30.3 Å². The molecule has 0 atom stereocenters. The molecule has 3 nitrogen and oxygen atoms in total. The Labute approximate surface area is 129 Å². The van der Waals surface area contributed by atoms with E-state index in [1.54, 1.807) is 0 Å². The fourth-order valence-electron chi connectivity index (χ4n) is 3.64. The number of para-hydroxylation sites is 1. The summed E-state index contributed by atoms with van der Waals surface area (Å²) in [5.74, 6) is 0.946. The minimum Gasteiger partial charge on any atom is -0.384 e. The fraction of sp³-hybridized carbons (Fsp3) is 0.667. The van der Waals surface area contributed by atoms with Gasteiger partial charge >= 0.3 is 0 Å². The highest BCUT2D eigenvalue weighted by Gasteiger charge is 2.22. The molecule has 0 radical (unpaired) electrons. The molecule has 0 bridgehead atoms. The van der Waals surface area contributed by atoms with Crippen molar-refractivity contribution in [2.75, 3.05) is 51.1 Å². The van der Waals surface area contributed by atoms with E-state index in [9.17, 15) is 0 Å². The van der Waals surface area contributed by atoms with Gasteiger partial charge in [0.05, 0.1) is 0 Å². The SMILES string of the molecule is c1ccc(NCCN2CCC(CN3CCCC3)CC2)cc1. The summed E-state index contributed by atoms with van der Waals surface area (Å²) in [5.41, 5.74) is 1.24. The zero-order valence-corrected chi connectivity index (χ0v) is 13.1. The third-order valence-electron chi connectivity index (χ3n) is 4.95. The van der Waals surface area contributed by atoms with Crippen LogP contribution in [0.5, 0.6) is 0 Å². The highest BCUT2D eigenvalue weighted by atomic mass is 15.2. The van der Waals surface area contributed by atoms with Crippen molar-refractivity contribution in [1.29, 1.82) is 0 Å². The van der Waals surface area contributed by atoms with Crippen LogP contribution in [0.4, 0.5) is 5.69 Å². The lowest BCUT2D eigenvalue weighted by Crippen LogP contribution is -2.39. The minimum atomic E-state index is 0.946. The molecule has 1 aromatic carbocycles. The van der Waals surface area contributed by atoms with Gasteiger partial charge in [-0.1, -0.05) is 18.2 Å². The molecular formula is C18H29N3. The van der Waals surface area contributed by atoms with E-state index >= 15 is 0 Å². The van der Waals surface area contributed by atoms with Crippen LogP contribution >= 0.6 is 0 Å². The Hall–Kier alpha value is -1.06. The number of piperidine rings is 1. The lowest BCUT2D eigenvalue weighted by atomic mass is 9.96. The van der Waals surface area contributed by atoms with Gasteiger partial charge in [-0.05, 0) is 69.9 Å². The van der Waals surface area contributed by atoms with Crippen LogP contribution in [-0.2, 0) is 0 Å². The quantitative estimate of drug-likeness (QED) is 0.868. The van der Waals surface area contributed by atoms with Crippen LogP contribution < -0.4 is 5.32 Å². The Morgan fingerprint density at radius 3 is 2.33 bits per heavy atom. The van der Waals surface area contributed by atoms with Crippen LogP contribution in [0.2, 0.25) is 0 Å². The molecule has 1 N–H and O–H groups in total. The van der Waals surface area contributed by atoms with E-state index in [1.807, 2.05) is 0 Å². The average molecular weight is 287 g/mol. The summed E-state index contributed by atoms with van der Waals surface area (Å²) < 4.78 is 0. The maximum Gasteiger partial charge on any atom is 0.0340 e. The number of nitrogens with zero attached hydrogens (tertiary/aromatic N) is 2. The molecule has 116 valence electrons. The molecule has 0 saturated carbocycles. The molecule has 0 aromatic heterocycles. The second-order valence-corrected chi connectivity index (χ2v) is 6.59. The maximum atomic E-state index is 3.51. The van der Waals surface area contributed by atoms with Gasteiger partial charge in [-0.2, -0.15) is 0 Å². The van der Waals surface area contributed by atoms with E-state index in [1.165, 1.54) is 70.6 Å². The lowest BCUT2D eigenvalue weighted by molar-refractivity contribution is 0.158. The molecular weight excluding hydrogens is 258 g/mol. The Morgan fingerprint density at radius 1 is 0.905 bits per heavy atom. The van der Waals surface area contributed by atoms with Crippen molar-refractivity contribution in [2.24, 2.45) is 5.92 Å². The summed E-state index contributed by atoms with van der Waals surface area (Å²) in [6.07, 6.45) is 5.62. The molecule has 2 aliphatic rings. The smallest absolute Gasteiger partial charge is 0.0340 e. The topological polar surface area (TPSA) is 18.5 Å². The predicted octanol–water partition coefficient (Wildman–Crippen LogP) is 2.91. The summed E-state index contributed by atoms with van der Waals surface area (Å²) in [6.45, 7) is 8.86. The van der Waals surface area contributed by atoms with Gasteiger partial charge in [-0.3, -0.25) is 0 Å². The lowest BCUT2D eigenvalue weighted by Gasteiger charge is -2.33. The molecule has 0 unspecified atom stereocenters. The van der Waals surface area contributed by atoms with Crippen molar-refractivity contribution >= 4 is 5.69 Å². The highest BCUT2D eigenvalue weighted by Crippen LogP contribution is 2.20. The van der Waals surface area contributed by atoms with Crippen LogP contribution in [0.25, 0.3) is 0 Å². The molecule has 0 spiro atoms. The molecule has 2 saturated heterocycles. The summed E-state index contributed by atoms with van der Waals surface area (Å²) in [7, 11) is 0. The highest BCUT2D eigenvalue weighted by molar-refractivity contribution is 5.42. The first kappa shape index (κ1) is 14.9. The molecule has 3 heteroatoms. The van der Waals surface area contributed by atoms with Crippen LogP contribution in [0.1, 0.15) is 25.7 Å². The fourth-order valence-corrected chi connectivity index (χ4v) is 3.64. The molecule has 2 aliphatic heterocycles. The monoisotopic (exact) mass is 287 g/mol. The Morgan fingerprint density at radius 2 is 1.62 bits per heavy atom. The van der Waals surface area contributed by atoms with Gasteiger partial charge in [-0.25, -0.2) is 0 Å². The Bertz CT molecular complexity index is 392. The molecule has 2 heterocycles. The van der Waals surface area contributed by atoms with E-state index in [4.69, 9.17) is 0 Å². The van der Waals surface area contributed by atoms with E-state index in [2.05, 4.69) is 45.4 Å².